The Labute approximate surface area is 275 Å². The lowest BCUT2D eigenvalue weighted by atomic mass is 9.41. The number of carbonyl (C=O) groups is 2. The average Bonchev–Trinajstić information content (AvgIpc) is 3.94. The maximum atomic E-state index is 12.9. The third-order valence-corrected chi connectivity index (χ3v) is 16.3. The fraction of sp³-hybridized carbons (Fsp3) is 0.947. The number of fused-ring (bicyclic) bond motifs is 4. The Morgan fingerprint density at radius 1 is 0.957 bits per heavy atom. The summed E-state index contributed by atoms with van der Waals surface area (Å²) >= 11 is 0. The van der Waals surface area contributed by atoms with Crippen molar-refractivity contribution in [1.29, 1.82) is 0 Å². The number of aliphatic hydroxyl groups is 2. The van der Waals surface area contributed by atoms with E-state index in [1.54, 1.807) is 0 Å². The van der Waals surface area contributed by atoms with Gasteiger partial charge >= 0.3 is 0 Å². The van der Waals surface area contributed by atoms with Crippen LogP contribution in [-0.4, -0.2) is 83.8 Å². The van der Waals surface area contributed by atoms with Crippen molar-refractivity contribution in [3.05, 3.63) is 0 Å². The van der Waals surface area contributed by atoms with Gasteiger partial charge in [-0.25, -0.2) is 0 Å². The number of nitrogens with zero attached hydrogens (tertiary/aromatic N) is 1. The topological polar surface area (TPSA) is 106 Å². The van der Waals surface area contributed by atoms with E-state index in [1.165, 1.54) is 32.1 Å². The highest BCUT2D eigenvalue weighted by molar-refractivity contribution is 5.79. The van der Waals surface area contributed by atoms with E-state index in [0.717, 1.165) is 32.1 Å². The van der Waals surface area contributed by atoms with Crippen LogP contribution in [0.2, 0.25) is 0 Å². The number of rotatable bonds is 7. The molecule has 1 unspecified atom stereocenters. The second kappa shape index (κ2) is 10.7. The Kier molecular flexibility index (Phi) is 7.49. The molecule has 46 heavy (non-hydrogen) atoms. The molecule has 0 aromatic rings. The molecule has 8 fully saturated rings. The van der Waals surface area contributed by atoms with Gasteiger partial charge in [-0.05, 0) is 115 Å². The minimum absolute atomic E-state index is 0.00437. The number of Topliss-reactive ketones (excluding diaryl/α,β-unsaturated/α-hetero) is 1. The van der Waals surface area contributed by atoms with Crippen LogP contribution in [0.1, 0.15) is 112 Å². The third kappa shape index (κ3) is 4.34. The number of ether oxygens (including phenoxy) is 3. The van der Waals surface area contributed by atoms with Gasteiger partial charge in [-0.3, -0.25) is 9.59 Å². The van der Waals surface area contributed by atoms with E-state index in [1.807, 2.05) is 4.90 Å². The van der Waals surface area contributed by atoms with E-state index in [9.17, 15) is 19.8 Å². The van der Waals surface area contributed by atoms with Gasteiger partial charge in [-0.15, -0.1) is 0 Å². The first kappa shape index (κ1) is 32.2. The van der Waals surface area contributed by atoms with E-state index in [2.05, 4.69) is 34.6 Å². The van der Waals surface area contributed by atoms with Crippen molar-refractivity contribution in [3.63, 3.8) is 0 Å². The maximum Gasteiger partial charge on any atom is 0.223 e. The summed E-state index contributed by atoms with van der Waals surface area (Å²) in [5, 5.41) is 21.7. The molecule has 8 rings (SSSR count). The standard InChI is InChI=1S/C38H59NO7/c1-22-16-25(18-24(41)20-40)45-32-31(22)35(4)12-13-38-21-37(38)11-10-28(34(2,3)26(37)8-9-27(38)36(35,5)33(32)43)46-30-19-39(14-15-44-30)29(42)17-23-6-7-23/h22-23,25-28,30-33,40,43H,6-21H2,1-5H3/t22-,25-,26+,27+,28?,30+,31+,32+,33+,35-,36-,37-,38+/m1/s1. The van der Waals surface area contributed by atoms with E-state index in [4.69, 9.17) is 14.2 Å². The number of hydrogen-bond donors (Lipinski definition) is 2. The predicted molar refractivity (Wildman–Crippen MR) is 171 cm³/mol. The number of carbonyl (C=O) groups excluding carboxylic acids is 2. The van der Waals surface area contributed by atoms with Crippen LogP contribution in [0.3, 0.4) is 0 Å². The van der Waals surface area contributed by atoms with Crippen molar-refractivity contribution >= 4 is 11.7 Å². The molecule has 0 aromatic carbocycles. The summed E-state index contributed by atoms with van der Waals surface area (Å²) in [6, 6.07) is 0. The molecule has 2 saturated heterocycles. The smallest absolute Gasteiger partial charge is 0.223 e. The molecule has 8 nitrogen and oxygen atoms in total. The SMILES string of the molecule is C[C@@H]1C[C@H](CC(=O)CO)O[C@H]2[C@H]1[C@@]1(C)CC[C@@]34C[C@@]35CCC(O[C@H]3CN(C(=O)CC6CC6)CCO3)C(C)(C)[C@@H]5CC[C@H]4[C@]1(C)[C@H]2O. The fourth-order valence-corrected chi connectivity index (χ4v) is 13.9. The monoisotopic (exact) mass is 641 g/mol. The van der Waals surface area contributed by atoms with Crippen molar-refractivity contribution < 1.29 is 34.0 Å². The molecule has 258 valence electrons. The largest absolute Gasteiger partial charge is 0.390 e. The zero-order chi connectivity index (χ0) is 32.4. The van der Waals surface area contributed by atoms with E-state index in [0.29, 0.717) is 55.2 Å². The van der Waals surface area contributed by atoms with Crippen molar-refractivity contribution in [3.8, 4) is 0 Å². The Bertz CT molecular complexity index is 1250. The van der Waals surface area contributed by atoms with Crippen LogP contribution in [-0.2, 0) is 23.8 Å². The predicted octanol–water partition coefficient (Wildman–Crippen LogP) is 5.12. The van der Waals surface area contributed by atoms with E-state index >= 15 is 0 Å². The van der Waals surface area contributed by atoms with Crippen molar-refractivity contribution in [2.24, 2.45) is 56.7 Å². The molecule has 8 heteroatoms. The molecule has 0 bridgehead atoms. The third-order valence-electron chi connectivity index (χ3n) is 16.3. The molecular weight excluding hydrogens is 582 g/mol. The highest BCUT2D eigenvalue weighted by atomic mass is 16.7. The minimum atomic E-state index is -0.546. The second-order valence-corrected chi connectivity index (χ2v) is 18.5. The quantitative estimate of drug-likeness (QED) is 0.398. The van der Waals surface area contributed by atoms with Gasteiger partial charge < -0.3 is 29.3 Å². The first-order chi connectivity index (χ1) is 21.8. The van der Waals surface area contributed by atoms with Crippen LogP contribution in [0.4, 0.5) is 0 Å². The average molecular weight is 642 g/mol. The molecule has 2 aliphatic heterocycles. The first-order valence-corrected chi connectivity index (χ1v) is 18.8. The summed E-state index contributed by atoms with van der Waals surface area (Å²) in [4.78, 5) is 27.0. The summed E-state index contributed by atoms with van der Waals surface area (Å²) in [6.07, 6.45) is 11.0. The summed E-state index contributed by atoms with van der Waals surface area (Å²) in [7, 11) is 0. The number of hydrogen-bond acceptors (Lipinski definition) is 7. The van der Waals surface area contributed by atoms with Gasteiger partial charge in [0.2, 0.25) is 5.91 Å². The van der Waals surface area contributed by atoms with Crippen molar-refractivity contribution in [2.75, 3.05) is 26.3 Å². The Morgan fingerprint density at radius 2 is 1.70 bits per heavy atom. The molecule has 0 radical (unpaired) electrons. The highest BCUT2D eigenvalue weighted by Gasteiger charge is 2.84. The molecule has 2 spiro atoms. The minimum Gasteiger partial charge on any atom is -0.390 e. The van der Waals surface area contributed by atoms with Gasteiger partial charge in [0.1, 0.15) is 6.61 Å². The molecule has 2 N–H and O–H groups in total. The Hall–Kier alpha value is -1.06. The zero-order valence-electron chi connectivity index (χ0n) is 29.0. The molecule has 1 amide bonds. The lowest BCUT2D eigenvalue weighted by molar-refractivity contribution is -0.248. The summed E-state index contributed by atoms with van der Waals surface area (Å²) in [5.41, 5.74) is 0.336. The summed E-state index contributed by atoms with van der Waals surface area (Å²) in [6.45, 7) is 13.4. The normalized spacial score (nSPS) is 52.1. The Balaban J connectivity index is 0.999. The van der Waals surface area contributed by atoms with Gasteiger partial charge in [0.15, 0.2) is 12.1 Å². The number of amides is 1. The van der Waals surface area contributed by atoms with Gasteiger partial charge in [0.25, 0.3) is 0 Å². The van der Waals surface area contributed by atoms with Crippen LogP contribution in [0, 0.1) is 56.7 Å². The van der Waals surface area contributed by atoms with Gasteiger partial charge in [-0.2, -0.15) is 0 Å². The number of morpholine rings is 1. The van der Waals surface area contributed by atoms with Gasteiger partial charge in [0.05, 0.1) is 37.6 Å². The van der Waals surface area contributed by atoms with Crippen molar-refractivity contribution in [1.82, 2.24) is 4.90 Å². The van der Waals surface area contributed by atoms with E-state index in [-0.39, 0.29) is 70.3 Å². The van der Waals surface area contributed by atoms with Crippen LogP contribution < -0.4 is 0 Å². The first-order valence-electron chi connectivity index (χ1n) is 18.8. The molecule has 2 heterocycles. The molecule has 0 aromatic heterocycles. The summed E-state index contributed by atoms with van der Waals surface area (Å²) in [5.74, 6) is 2.36. The lowest BCUT2D eigenvalue weighted by Crippen LogP contribution is -2.60. The van der Waals surface area contributed by atoms with Crippen molar-refractivity contribution in [2.45, 2.75) is 142 Å². The Morgan fingerprint density at radius 3 is 2.43 bits per heavy atom. The highest BCUT2D eigenvalue weighted by Crippen LogP contribution is 2.89. The zero-order valence-corrected chi connectivity index (χ0v) is 29.0. The molecular formula is C38H59NO7. The number of ketones is 1. The van der Waals surface area contributed by atoms with Crippen LogP contribution >= 0.6 is 0 Å². The van der Waals surface area contributed by atoms with Gasteiger partial charge in [-0.1, -0.05) is 34.6 Å². The maximum absolute atomic E-state index is 12.9. The molecule has 13 atom stereocenters. The second-order valence-electron chi connectivity index (χ2n) is 18.5. The van der Waals surface area contributed by atoms with Crippen LogP contribution in [0.5, 0.6) is 0 Å². The fourth-order valence-electron chi connectivity index (χ4n) is 13.9. The lowest BCUT2D eigenvalue weighted by Gasteiger charge is -2.64. The van der Waals surface area contributed by atoms with Gasteiger partial charge in [0, 0.05) is 24.8 Å². The summed E-state index contributed by atoms with van der Waals surface area (Å²) < 4.78 is 19.6. The van der Waals surface area contributed by atoms with Crippen LogP contribution in [0.15, 0.2) is 0 Å². The molecule has 6 saturated carbocycles. The van der Waals surface area contributed by atoms with Crippen LogP contribution in [0.25, 0.3) is 0 Å². The molecule has 6 aliphatic carbocycles. The number of aliphatic hydroxyl groups excluding tert-OH is 2. The van der Waals surface area contributed by atoms with E-state index < -0.39 is 12.7 Å². The molecule has 8 aliphatic rings.